The van der Waals surface area contributed by atoms with Crippen molar-refractivity contribution in [1.82, 2.24) is 15.6 Å². The Kier molecular flexibility index (Phi) is 8.41. The predicted molar refractivity (Wildman–Crippen MR) is 85.3 cm³/mol. The van der Waals surface area contributed by atoms with E-state index in [2.05, 4.69) is 33.8 Å². The first-order chi connectivity index (χ1) is 9.26. The molecule has 1 aromatic rings. The van der Waals surface area contributed by atoms with Gasteiger partial charge in [0.25, 0.3) is 0 Å². The smallest absolute Gasteiger partial charge is 0.191 e. The summed E-state index contributed by atoms with van der Waals surface area (Å²) in [5, 5.41) is 7.07. The van der Waals surface area contributed by atoms with Crippen molar-refractivity contribution < 1.29 is 0 Å². The second-order valence-electron chi connectivity index (χ2n) is 3.92. The van der Waals surface area contributed by atoms with Gasteiger partial charge in [0.2, 0.25) is 0 Å². The number of guanidine groups is 1. The highest BCUT2D eigenvalue weighted by molar-refractivity contribution is 7.98. The molecule has 2 N–H and O–H groups in total. The summed E-state index contributed by atoms with van der Waals surface area (Å²) in [7, 11) is 0. The van der Waals surface area contributed by atoms with Crippen molar-refractivity contribution >= 4 is 29.3 Å². The summed E-state index contributed by atoms with van der Waals surface area (Å²) >= 11 is 7.55. The Hall–Kier alpha value is -0.940. The average Bonchev–Trinajstić information content (AvgIpc) is 2.41. The van der Waals surface area contributed by atoms with Crippen LogP contribution in [-0.4, -0.2) is 42.6 Å². The van der Waals surface area contributed by atoms with Gasteiger partial charge in [-0.25, -0.2) is 4.98 Å². The SMILES string of the molecule is CCNC(=NCCSC)NCCc1ccc(Cl)nc1. The Morgan fingerprint density at radius 3 is 2.89 bits per heavy atom. The lowest BCUT2D eigenvalue weighted by molar-refractivity contribution is 0.802. The minimum atomic E-state index is 0.531. The lowest BCUT2D eigenvalue weighted by Crippen LogP contribution is -2.38. The highest BCUT2D eigenvalue weighted by atomic mass is 35.5. The lowest BCUT2D eigenvalue weighted by Gasteiger charge is -2.11. The predicted octanol–water partition coefficient (Wildman–Crippen LogP) is 2.20. The number of halogens is 1. The van der Waals surface area contributed by atoms with Crippen LogP contribution in [0, 0.1) is 0 Å². The summed E-state index contributed by atoms with van der Waals surface area (Å²) in [6, 6.07) is 3.81. The third-order valence-corrected chi connectivity index (χ3v) is 3.22. The molecular formula is C13H21ClN4S. The van der Waals surface area contributed by atoms with E-state index in [0.717, 1.165) is 43.3 Å². The third kappa shape index (κ3) is 7.28. The molecule has 6 heteroatoms. The number of thioether (sulfide) groups is 1. The molecule has 19 heavy (non-hydrogen) atoms. The van der Waals surface area contributed by atoms with Gasteiger partial charge in [-0.2, -0.15) is 11.8 Å². The first kappa shape index (κ1) is 16.1. The van der Waals surface area contributed by atoms with Crippen molar-refractivity contribution in [2.45, 2.75) is 13.3 Å². The standard InChI is InChI=1S/C13H21ClN4S/c1-3-15-13(17-8-9-19-2)16-7-6-11-4-5-12(14)18-10-11/h4-5,10H,3,6-9H2,1-2H3,(H2,15,16,17). The molecule has 1 aromatic heterocycles. The quantitative estimate of drug-likeness (QED) is 0.351. The van der Waals surface area contributed by atoms with Gasteiger partial charge in [-0.05, 0) is 31.2 Å². The normalized spacial score (nSPS) is 11.4. The van der Waals surface area contributed by atoms with Crippen LogP contribution < -0.4 is 10.6 Å². The van der Waals surface area contributed by atoms with Gasteiger partial charge in [0, 0.05) is 25.0 Å². The Bertz CT molecular complexity index is 381. The molecule has 0 saturated heterocycles. The van der Waals surface area contributed by atoms with Gasteiger partial charge < -0.3 is 10.6 Å². The summed E-state index contributed by atoms with van der Waals surface area (Å²) in [4.78, 5) is 8.55. The average molecular weight is 301 g/mol. The van der Waals surface area contributed by atoms with Gasteiger partial charge in [0.15, 0.2) is 5.96 Å². The van der Waals surface area contributed by atoms with E-state index < -0.39 is 0 Å². The van der Waals surface area contributed by atoms with Crippen molar-refractivity contribution in [3.8, 4) is 0 Å². The van der Waals surface area contributed by atoms with E-state index >= 15 is 0 Å². The van der Waals surface area contributed by atoms with Gasteiger partial charge in [0.05, 0.1) is 6.54 Å². The second kappa shape index (κ2) is 9.92. The number of hydrogen-bond acceptors (Lipinski definition) is 3. The molecule has 0 saturated carbocycles. The summed E-state index contributed by atoms with van der Waals surface area (Å²) in [5.74, 6) is 1.91. The summed E-state index contributed by atoms with van der Waals surface area (Å²) in [5.41, 5.74) is 1.16. The fourth-order valence-electron chi connectivity index (χ4n) is 1.47. The maximum absolute atomic E-state index is 5.75. The Morgan fingerprint density at radius 1 is 1.42 bits per heavy atom. The molecule has 1 rings (SSSR count). The Balaban J connectivity index is 2.34. The first-order valence-corrected chi connectivity index (χ1v) is 8.15. The first-order valence-electron chi connectivity index (χ1n) is 6.37. The molecule has 0 fully saturated rings. The van der Waals surface area contributed by atoms with Crippen molar-refractivity contribution in [1.29, 1.82) is 0 Å². The van der Waals surface area contributed by atoms with E-state index in [1.54, 1.807) is 11.8 Å². The highest BCUT2D eigenvalue weighted by Crippen LogP contribution is 2.05. The molecule has 0 aliphatic carbocycles. The molecule has 0 spiro atoms. The zero-order valence-corrected chi connectivity index (χ0v) is 13.0. The van der Waals surface area contributed by atoms with Crippen molar-refractivity contribution in [2.24, 2.45) is 4.99 Å². The van der Waals surface area contributed by atoms with Crippen LogP contribution in [0.4, 0.5) is 0 Å². The van der Waals surface area contributed by atoms with Crippen LogP contribution >= 0.6 is 23.4 Å². The molecule has 0 radical (unpaired) electrons. The third-order valence-electron chi connectivity index (χ3n) is 2.40. The van der Waals surface area contributed by atoms with Gasteiger partial charge in [-0.1, -0.05) is 17.7 Å². The minimum Gasteiger partial charge on any atom is -0.357 e. The van der Waals surface area contributed by atoms with Crippen molar-refractivity contribution in [3.05, 3.63) is 29.0 Å². The van der Waals surface area contributed by atoms with Crippen LogP contribution in [-0.2, 0) is 6.42 Å². The van der Waals surface area contributed by atoms with Crippen LogP contribution in [0.15, 0.2) is 23.3 Å². The van der Waals surface area contributed by atoms with E-state index in [1.807, 2.05) is 18.3 Å². The van der Waals surface area contributed by atoms with E-state index in [9.17, 15) is 0 Å². The van der Waals surface area contributed by atoms with Gasteiger partial charge in [0.1, 0.15) is 5.15 Å². The molecule has 0 amide bonds. The van der Waals surface area contributed by atoms with Crippen LogP contribution in [0.1, 0.15) is 12.5 Å². The molecule has 0 aliphatic heterocycles. The molecule has 1 heterocycles. The number of hydrogen-bond donors (Lipinski definition) is 2. The molecule has 0 unspecified atom stereocenters. The molecule has 0 aliphatic rings. The maximum Gasteiger partial charge on any atom is 0.191 e. The molecular weight excluding hydrogens is 280 g/mol. The largest absolute Gasteiger partial charge is 0.357 e. The second-order valence-corrected chi connectivity index (χ2v) is 5.29. The molecule has 0 atom stereocenters. The minimum absolute atomic E-state index is 0.531. The number of aromatic nitrogens is 1. The highest BCUT2D eigenvalue weighted by Gasteiger charge is 1.98. The fraction of sp³-hybridized carbons (Fsp3) is 0.538. The number of pyridine rings is 1. The Labute approximate surface area is 124 Å². The van der Waals surface area contributed by atoms with E-state index in [0.29, 0.717) is 5.15 Å². The molecule has 0 aromatic carbocycles. The maximum atomic E-state index is 5.75. The van der Waals surface area contributed by atoms with Gasteiger partial charge >= 0.3 is 0 Å². The monoisotopic (exact) mass is 300 g/mol. The number of nitrogens with zero attached hydrogens (tertiary/aromatic N) is 2. The Morgan fingerprint density at radius 2 is 2.26 bits per heavy atom. The summed E-state index contributed by atoms with van der Waals surface area (Å²) in [6.07, 6.45) is 4.79. The van der Waals surface area contributed by atoms with Crippen LogP contribution in [0.2, 0.25) is 5.15 Å². The van der Waals surface area contributed by atoms with Crippen molar-refractivity contribution in [3.63, 3.8) is 0 Å². The number of aliphatic imine (C=N–C) groups is 1. The summed E-state index contributed by atoms with van der Waals surface area (Å²) < 4.78 is 0. The van der Waals surface area contributed by atoms with Crippen LogP contribution in [0.25, 0.3) is 0 Å². The number of nitrogens with one attached hydrogen (secondary N) is 2. The van der Waals surface area contributed by atoms with Crippen LogP contribution in [0.3, 0.4) is 0 Å². The van der Waals surface area contributed by atoms with E-state index in [1.165, 1.54) is 0 Å². The summed E-state index contributed by atoms with van der Waals surface area (Å²) in [6.45, 7) is 4.59. The number of rotatable bonds is 7. The van der Waals surface area contributed by atoms with Crippen LogP contribution in [0.5, 0.6) is 0 Å². The van der Waals surface area contributed by atoms with E-state index in [-0.39, 0.29) is 0 Å². The fourth-order valence-corrected chi connectivity index (χ4v) is 1.86. The lowest BCUT2D eigenvalue weighted by atomic mass is 10.2. The van der Waals surface area contributed by atoms with E-state index in [4.69, 9.17) is 11.6 Å². The zero-order chi connectivity index (χ0) is 13.9. The topological polar surface area (TPSA) is 49.3 Å². The van der Waals surface area contributed by atoms with Gasteiger partial charge in [-0.15, -0.1) is 0 Å². The molecule has 4 nitrogen and oxygen atoms in total. The molecule has 0 bridgehead atoms. The van der Waals surface area contributed by atoms with Crippen molar-refractivity contribution in [2.75, 3.05) is 31.6 Å². The zero-order valence-electron chi connectivity index (χ0n) is 11.4. The molecule has 106 valence electrons. The van der Waals surface area contributed by atoms with Gasteiger partial charge in [-0.3, -0.25) is 4.99 Å².